The zero-order valence-corrected chi connectivity index (χ0v) is 11.2. The van der Waals surface area contributed by atoms with Gasteiger partial charge in [0.25, 0.3) is 0 Å². The number of anilines is 2. The summed E-state index contributed by atoms with van der Waals surface area (Å²) in [7, 11) is 0. The molecule has 1 unspecified atom stereocenters. The van der Waals surface area contributed by atoms with Crippen LogP contribution in [-0.4, -0.2) is 23.1 Å². The molecule has 4 heteroatoms. The monoisotopic (exact) mass is 234 g/mol. The van der Waals surface area contributed by atoms with Crippen molar-refractivity contribution < 1.29 is 0 Å². The van der Waals surface area contributed by atoms with Crippen LogP contribution in [0.2, 0.25) is 0 Å². The number of nitrogens with two attached hydrogens (primary N) is 1. The Balaban J connectivity index is 2.15. The Morgan fingerprint density at radius 3 is 2.59 bits per heavy atom. The number of nitrogen functional groups attached to an aromatic ring is 1. The molecule has 0 amide bonds. The minimum Gasteiger partial charge on any atom is -0.384 e. The zero-order chi connectivity index (χ0) is 12.6. The minimum absolute atomic E-state index is 0.363. The average molecular weight is 234 g/mol. The van der Waals surface area contributed by atoms with E-state index in [0.29, 0.717) is 11.2 Å². The molecule has 2 N–H and O–H groups in total. The van der Waals surface area contributed by atoms with E-state index in [1.165, 1.54) is 6.42 Å². The van der Waals surface area contributed by atoms with E-state index in [1.54, 1.807) is 0 Å². The third kappa shape index (κ3) is 2.68. The molecule has 94 valence electrons. The van der Waals surface area contributed by atoms with Gasteiger partial charge < -0.3 is 10.6 Å². The lowest BCUT2D eigenvalue weighted by Crippen LogP contribution is -2.26. The maximum atomic E-state index is 5.77. The van der Waals surface area contributed by atoms with E-state index in [4.69, 9.17) is 5.73 Å². The largest absolute Gasteiger partial charge is 0.384 e. The number of aromatic nitrogens is 2. The Morgan fingerprint density at radius 2 is 2.06 bits per heavy atom. The van der Waals surface area contributed by atoms with Crippen LogP contribution in [0.15, 0.2) is 6.07 Å². The summed E-state index contributed by atoms with van der Waals surface area (Å²) in [6.45, 7) is 10.9. The molecule has 2 rings (SSSR count). The molecule has 0 aromatic carbocycles. The summed E-state index contributed by atoms with van der Waals surface area (Å²) < 4.78 is 0. The Hall–Kier alpha value is -1.32. The van der Waals surface area contributed by atoms with E-state index in [1.807, 2.05) is 13.0 Å². The first-order chi connectivity index (χ1) is 7.86. The second-order valence-corrected chi connectivity index (χ2v) is 6.00. The topological polar surface area (TPSA) is 55.0 Å². The molecule has 1 saturated heterocycles. The van der Waals surface area contributed by atoms with Crippen LogP contribution >= 0.6 is 0 Å². The van der Waals surface area contributed by atoms with Crippen molar-refractivity contribution in [2.45, 2.75) is 34.1 Å². The molecule has 2 heterocycles. The standard InChI is InChI=1S/C13H22N4/c1-9-15-11(14)7-12(16-9)17-6-5-10(8-17)13(2,3)4/h7,10H,5-6,8H2,1-4H3,(H2,14,15,16). The molecule has 1 aromatic rings. The van der Waals surface area contributed by atoms with Gasteiger partial charge in [-0.25, -0.2) is 9.97 Å². The molecule has 1 fully saturated rings. The zero-order valence-electron chi connectivity index (χ0n) is 11.2. The van der Waals surface area contributed by atoms with Gasteiger partial charge in [0.15, 0.2) is 0 Å². The summed E-state index contributed by atoms with van der Waals surface area (Å²) in [6.07, 6.45) is 1.23. The summed E-state index contributed by atoms with van der Waals surface area (Å²) in [6, 6.07) is 1.87. The van der Waals surface area contributed by atoms with Gasteiger partial charge in [0.1, 0.15) is 17.5 Å². The quantitative estimate of drug-likeness (QED) is 0.809. The minimum atomic E-state index is 0.363. The Labute approximate surface area is 103 Å². The van der Waals surface area contributed by atoms with Crippen LogP contribution in [0.1, 0.15) is 33.0 Å². The normalized spacial score (nSPS) is 20.9. The highest BCUT2D eigenvalue weighted by molar-refractivity contribution is 5.47. The van der Waals surface area contributed by atoms with Gasteiger partial charge in [-0.1, -0.05) is 20.8 Å². The number of hydrogen-bond donors (Lipinski definition) is 1. The third-order valence-electron chi connectivity index (χ3n) is 3.58. The van der Waals surface area contributed by atoms with E-state index < -0.39 is 0 Å². The number of nitrogens with zero attached hydrogens (tertiary/aromatic N) is 3. The summed E-state index contributed by atoms with van der Waals surface area (Å²) in [5.41, 5.74) is 6.13. The van der Waals surface area contributed by atoms with Crippen LogP contribution in [-0.2, 0) is 0 Å². The lowest BCUT2D eigenvalue weighted by molar-refractivity contribution is 0.263. The van der Waals surface area contributed by atoms with E-state index in [0.717, 1.165) is 30.6 Å². The summed E-state index contributed by atoms with van der Waals surface area (Å²) in [4.78, 5) is 10.9. The lowest BCUT2D eigenvalue weighted by atomic mass is 9.80. The Kier molecular flexibility index (Phi) is 2.98. The van der Waals surface area contributed by atoms with Crippen molar-refractivity contribution in [2.24, 2.45) is 11.3 Å². The maximum Gasteiger partial charge on any atom is 0.134 e. The van der Waals surface area contributed by atoms with Crippen molar-refractivity contribution in [2.75, 3.05) is 23.7 Å². The Bertz CT molecular complexity index is 388. The molecule has 17 heavy (non-hydrogen) atoms. The summed E-state index contributed by atoms with van der Waals surface area (Å²) >= 11 is 0. The molecular weight excluding hydrogens is 212 g/mol. The number of rotatable bonds is 1. The second kappa shape index (κ2) is 4.17. The van der Waals surface area contributed by atoms with Gasteiger partial charge in [-0.15, -0.1) is 0 Å². The van der Waals surface area contributed by atoms with Crippen LogP contribution in [0.4, 0.5) is 11.6 Å². The van der Waals surface area contributed by atoms with Crippen LogP contribution in [0.3, 0.4) is 0 Å². The van der Waals surface area contributed by atoms with Crippen molar-refractivity contribution in [1.29, 1.82) is 0 Å². The second-order valence-electron chi connectivity index (χ2n) is 6.00. The van der Waals surface area contributed by atoms with E-state index in [-0.39, 0.29) is 0 Å². The number of aryl methyl sites for hydroxylation is 1. The van der Waals surface area contributed by atoms with Gasteiger partial charge in [0, 0.05) is 19.2 Å². The predicted octanol–water partition coefficient (Wildman–Crippen LogP) is 2.24. The fourth-order valence-electron chi connectivity index (χ4n) is 2.41. The van der Waals surface area contributed by atoms with Crippen LogP contribution in [0.25, 0.3) is 0 Å². The van der Waals surface area contributed by atoms with E-state index >= 15 is 0 Å². The summed E-state index contributed by atoms with van der Waals surface area (Å²) in [5, 5.41) is 0. The SMILES string of the molecule is Cc1nc(N)cc(N2CCC(C(C)(C)C)C2)n1. The highest BCUT2D eigenvalue weighted by Gasteiger charge is 2.32. The first kappa shape index (κ1) is 12.1. The number of hydrogen-bond acceptors (Lipinski definition) is 4. The molecule has 1 aliphatic rings. The third-order valence-corrected chi connectivity index (χ3v) is 3.58. The van der Waals surface area contributed by atoms with Gasteiger partial charge in [0.2, 0.25) is 0 Å². The highest BCUT2D eigenvalue weighted by Crippen LogP contribution is 2.35. The smallest absolute Gasteiger partial charge is 0.134 e. The van der Waals surface area contributed by atoms with Gasteiger partial charge in [-0.2, -0.15) is 0 Å². The maximum absolute atomic E-state index is 5.77. The van der Waals surface area contributed by atoms with Gasteiger partial charge in [-0.05, 0) is 24.7 Å². The van der Waals surface area contributed by atoms with Crippen molar-refractivity contribution in [3.05, 3.63) is 11.9 Å². The molecule has 0 aliphatic carbocycles. The average Bonchev–Trinajstić information content (AvgIpc) is 2.63. The molecule has 0 bridgehead atoms. The molecule has 4 nitrogen and oxygen atoms in total. The first-order valence-electron chi connectivity index (χ1n) is 6.22. The molecule has 0 radical (unpaired) electrons. The van der Waals surface area contributed by atoms with Crippen LogP contribution in [0.5, 0.6) is 0 Å². The molecule has 1 aliphatic heterocycles. The molecule has 1 aromatic heterocycles. The van der Waals surface area contributed by atoms with Crippen LogP contribution < -0.4 is 10.6 Å². The first-order valence-corrected chi connectivity index (χ1v) is 6.22. The van der Waals surface area contributed by atoms with E-state index in [2.05, 4.69) is 35.6 Å². The fourth-order valence-corrected chi connectivity index (χ4v) is 2.41. The Morgan fingerprint density at radius 1 is 1.35 bits per heavy atom. The molecular formula is C13H22N4. The van der Waals surface area contributed by atoms with Crippen molar-refractivity contribution >= 4 is 11.6 Å². The molecule has 1 atom stereocenters. The highest BCUT2D eigenvalue weighted by atomic mass is 15.2. The van der Waals surface area contributed by atoms with E-state index in [9.17, 15) is 0 Å². The van der Waals surface area contributed by atoms with Gasteiger partial charge in [-0.3, -0.25) is 0 Å². The molecule has 0 spiro atoms. The predicted molar refractivity (Wildman–Crippen MR) is 71.0 cm³/mol. The van der Waals surface area contributed by atoms with Crippen molar-refractivity contribution in [1.82, 2.24) is 9.97 Å². The lowest BCUT2D eigenvalue weighted by Gasteiger charge is -2.27. The summed E-state index contributed by atoms with van der Waals surface area (Å²) in [5.74, 6) is 3.01. The van der Waals surface area contributed by atoms with Gasteiger partial charge in [0.05, 0.1) is 0 Å². The van der Waals surface area contributed by atoms with Crippen molar-refractivity contribution in [3.8, 4) is 0 Å². The van der Waals surface area contributed by atoms with Crippen molar-refractivity contribution in [3.63, 3.8) is 0 Å². The molecule has 0 saturated carbocycles. The fraction of sp³-hybridized carbons (Fsp3) is 0.692. The van der Waals surface area contributed by atoms with Crippen LogP contribution in [0, 0.1) is 18.3 Å². The van der Waals surface area contributed by atoms with Gasteiger partial charge >= 0.3 is 0 Å².